The van der Waals surface area contributed by atoms with Crippen LogP contribution in [0.15, 0.2) is 12.1 Å². The summed E-state index contributed by atoms with van der Waals surface area (Å²) in [4.78, 5) is 11.3. The molecule has 1 atom stereocenters. The van der Waals surface area contributed by atoms with E-state index in [1.165, 1.54) is 13.2 Å². The van der Waals surface area contributed by atoms with Crippen LogP contribution in [0.4, 0.5) is 0 Å². The van der Waals surface area contributed by atoms with E-state index in [1.807, 2.05) is 6.07 Å². The van der Waals surface area contributed by atoms with Gasteiger partial charge in [0.25, 0.3) is 0 Å². The Morgan fingerprint density at radius 2 is 2.19 bits per heavy atom. The van der Waals surface area contributed by atoms with E-state index in [2.05, 4.69) is 4.74 Å². The average Bonchev–Trinajstić information content (AvgIpc) is 2.75. The van der Waals surface area contributed by atoms with Crippen LogP contribution in [0.3, 0.4) is 0 Å². The number of aliphatic hydroxyl groups excluding tert-OH is 1. The number of carbonyl (C=O) groups excluding carboxylic acids is 1. The van der Waals surface area contributed by atoms with Gasteiger partial charge in [-0.15, -0.1) is 0 Å². The van der Waals surface area contributed by atoms with Crippen LogP contribution in [-0.4, -0.2) is 23.3 Å². The van der Waals surface area contributed by atoms with Gasteiger partial charge in [-0.2, -0.15) is 0 Å². The average molecular weight is 222 g/mol. The molecule has 0 saturated carbocycles. The van der Waals surface area contributed by atoms with Gasteiger partial charge in [-0.3, -0.25) is 0 Å². The summed E-state index contributed by atoms with van der Waals surface area (Å²) in [5, 5.41) is 19.5. The van der Waals surface area contributed by atoms with Gasteiger partial charge in [0.15, 0.2) is 6.10 Å². The standard InChI is InChI=1S/C12H14O4/c1-16-12(15)11(14)10-8-4-2-3-7(8)5-6-9(10)13/h5-6,11,13-14H,2-4H2,1H3. The van der Waals surface area contributed by atoms with Crippen molar-refractivity contribution < 1.29 is 19.7 Å². The molecule has 16 heavy (non-hydrogen) atoms. The molecule has 0 aliphatic heterocycles. The zero-order valence-corrected chi connectivity index (χ0v) is 9.06. The number of esters is 1. The highest BCUT2D eigenvalue weighted by Crippen LogP contribution is 2.35. The molecule has 0 aromatic heterocycles. The van der Waals surface area contributed by atoms with E-state index >= 15 is 0 Å². The smallest absolute Gasteiger partial charge is 0.339 e. The molecule has 1 unspecified atom stereocenters. The molecule has 4 heteroatoms. The Bertz CT molecular complexity index is 425. The largest absolute Gasteiger partial charge is 0.508 e. The molecule has 2 N–H and O–H groups in total. The van der Waals surface area contributed by atoms with Gasteiger partial charge in [0.1, 0.15) is 5.75 Å². The van der Waals surface area contributed by atoms with Crippen molar-refractivity contribution in [3.05, 3.63) is 28.8 Å². The fourth-order valence-electron chi connectivity index (χ4n) is 2.22. The van der Waals surface area contributed by atoms with Gasteiger partial charge in [0.2, 0.25) is 0 Å². The maximum absolute atomic E-state index is 11.3. The number of rotatable bonds is 2. The Balaban J connectivity index is 2.47. The van der Waals surface area contributed by atoms with Crippen LogP contribution in [0.1, 0.15) is 29.2 Å². The lowest BCUT2D eigenvalue weighted by molar-refractivity contribution is -0.150. The third-order valence-corrected chi connectivity index (χ3v) is 3.00. The van der Waals surface area contributed by atoms with Crippen LogP contribution in [0.2, 0.25) is 0 Å². The van der Waals surface area contributed by atoms with Crippen LogP contribution in [0, 0.1) is 0 Å². The van der Waals surface area contributed by atoms with Crippen molar-refractivity contribution in [2.24, 2.45) is 0 Å². The molecule has 0 saturated heterocycles. The van der Waals surface area contributed by atoms with E-state index in [-0.39, 0.29) is 5.75 Å². The lowest BCUT2D eigenvalue weighted by atomic mass is 9.98. The van der Waals surface area contributed by atoms with Crippen molar-refractivity contribution in [3.63, 3.8) is 0 Å². The summed E-state index contributed by atoms with van der Waals surface area (Å²) < 4.78 is 4.48. The second-order valence-electron chi connectivity index (χ2n) is 3.92. The number of aliphatic hydroxyl groups is 1. The fourth-order valence-corrected chi connectivity index (χ4v) is 2.22. The van der Waals surface area contributed by atoms with E-state index in [9.17, 15) is 15.0 Å². The lowest BCUT2D eigenvalue weighted by Crippen LogP contribution is -2.15. The molecule has 86 valence electrons. The number of fused-ring (bicyclic) bond motifs is 1. The fraction of sp³-hybridized carbons (Fsp3) is 0.417. The zero-order chi connectivity index (χ0) is 11.7. The van der Waals surface area contributed by atoms with Crippen molar-refractivity contribution in [1.82, 2.24) is 0 Å². The SMILES string of the molecule is COC(=O)C(O)c1c(O)ccc2c1CCC2. The second kappa shape index (κ2) is 4.14. The van der Waals surface area contributed by atoms with Crippen molar-refractivity contribution >= 4 is 5.97 Å². The van der Waals surface area contributed by atoms with E-state index in [0.29, 0.717) is 5.56 Å². The molecule has 0 fully saturated rings. The third-order valence-electron chi connectivity index (χ3n) is 3.00. The minimum Gasteiger partial charge on any atom is -0.508 e. The number of benzene rings is 1. The van der Waals surface area contributed by atoms with E-state index < -0.39 is 12.1 Å². The number of hydrogen-bond acceptors (Lipinski definition) is 4. The summed E-state index contributed by atoms with van der Waals surface area (Å²) in [6.07, 6.45) is 1.31. The Labute approximate surface area is 93.5 Å². The number of phenols is 1. The molecule has 1 aromatic carbocycles. The Morgan fingerprint density at radius 3 is 2.88 bits per heavy atom. The summed E-state index contributed by atoms with van der Waals surface area (Å²) in [7, 11) is 1.21. The Morgan fingerprint density at radius 1 is 1.44 bits per heavy atom. The molecular weight excluding hydrogens is 208 g/mol. The van der Waals surface area contributed by atoms with Gasteiger partial charge in [-0.25, -0.2) is 4.79 Å². The molecule has 1 aliphatic rings. The number of ether oxygens (including phenoxy) is 1. The van der Waals surface area contributed by atoms with Crippen LogP contribution in [0.25, 0.3) is 0 Å². The molecule has 0 heterocycles. The van der Waals surface area contributed by atoms with Crippen molar-refractivity contribution in [1.29, 1.82) is 0 Å². The van der Waals surface area contributed by atoms with Gasteiger partial charge in [-0.1, -0.05) is 6.07 Å². The van der Waals surface area contributed by atoms with E-state index in [0.717, 1.165) is 30.4 Å². The predicted octanol–water partition coefficient (Wildman–Crippen LogP) is 1.09. The van der Waals surface area contributed by atoms with Crippen LogP contribution in [-0.2, 0) is 22.4 Å². The Kier molecular flexibility index (Phi) is 2.83. The van der Waals surface area contributed by atoms with E-state index in [4.69, 9.17) is 0 Å². The summed E-state index contributed by atoms with van der Waals surface area (Å²) in [5.41, 5.74) is 2.29. The van der Waals surface area contributed by atoms with Gasteiger partial charge < -0.3 is 14.9 Å². The first-order chi connectivity index (χ1) is 7.65. The van der Waals surface area contributed by atoms with Crippen LogP contribution in [0.5, 0.6) is 5.75 Å². The number of phenolic OH excluding ortho intramolecular Hbond substituents is 1. The highest BCUT2D eigenvalue weighted by atomic mass is 16.5. The van der Waals surface area contributed by atoms with E-state index in [1.54, 1.807) is 0 Å². The number of aromatic hydroxyl groups is 1. The monoisotopic (exact) mass is 222 g/mol. The molecule has 1 aliphatic carbocycles. The quantitative estimate of drug-likeness (QED) is 0.735. The van der Waals surface area contributed by atoms with Crippen molar-refractivity contribution in [3.8, 4) is 5.75 Å². The topological polar surface area (TPSA) is 66.8 Å². The van der Waals surface area contributed by atoms with Crippen LogP contribution < -0.4 is 0 Å². The minimum atomic E-state index is -1.39. The molecule has 0 bridgehead atoms. The maximum Gasteiger partial charge on any atom is 0.339 e. The highest BCUT2D eigenvalue weighted by Gasteiger charge is 2.27. The van der Waals surface area contributed by atoms with Gasteiger partial charge >= 0.3 is 5.97 Å². The minimum absolute atomic E-state index is 0.0430. The lowest BCUT2D eigenvalue weighted by Gasteiger charge is -2.14. The summed E-state index contributed by atoms with van der Waals surface area (Å²) >= 11 is 0. The zero-order valence-electron chi connectivity index (χ0n) is 9.06. The summed E-state index contributed by atoms with van der Waals surface area (Å²) in [6, 6.07) is 3.36. The Hall–Kier alpha value is -1.55. The molecule has 4 nitrogen and oxygen atoms in total. The number of aryl methyl sites for hydroxylation is 1. The maximum atomic E-state index is 11.3. The highest BCUT2D eigenvalue weighted by molar-refractivity contribution is 5.78. The molecular formula is C12H14O4. The molecule has 0 spiro atoms. The predicted molar refractivity (Wildman–Crippen MR) is 57.1 cm³/mol. The molecule has 1 aromatic rings. The number of methoxy groups -OCH3 is 1. The van der Waals surface area contributed by atoms with Crippen LogP contribution >= 0.6 is 0 Å². The second-order valence-corrected chi connectivity index (χ2v) is 3.92. The summed E-state index contributed by atoms with van der Waals surface area (Å²) in [6.45, 7) is 0. The normalized spacial score (nSPS) is 15.6. The molecule has 2 rings (SSSR count). The third kappa shape index (κ3) is 1.65. The summed E-state index contributed by atoms with van der Waals surface area (Å²) in [5.74, 6) is -0.783. The first-order valence-corrected chi connectivity index (χ1v) is 5.24. The first-order valence-electron chi connectivity index (χ1n) is 5.24. The first kappa shape index (κ1) is 11.0. The molecule has 0 radical (unpaired) electrons. The van der Waals surface area contributed by atoms with Crippen molar-refractivity contribution in [2.75, 3.05) is 7.11 Å². The number of carbonyl (C=O) groups is 1. The van der Waals surface area contributed by atoms with Gasteiger partial charge in [0.05, 0.1) is 7.11 Å². The van der Waals surface area contributed by atoms with Gasteiger partial charge in [0, 0.05) is 5.56 Å². The van der Waals surface area contributed by atoms with Gasteiger partial charge in [-0.05, 0) is 36.5 Å². The van der Waals surface area contributed by atoms with Crippen molar-refractivity contribution in [2.45, 2.75) is 25.4 Å². The molecule has 0 amide bonds. The number of hydrogen-bond donors (Lipinski definition) is 2.